The third-order valence-corrected chi connectivity index (χ3v) is 4.31. The second-order valence-corrected chi connectivity index (χ2v) is 5.85. The van der Waals surface area contributed by atoms with Gasteiger partial charge in [-0.1, -0.05) is 19.3 Å². The van der Waals surface area contributed by atoms with E-state index in [0.29, 0.717) is 11.5 Å². The van der Waals surface area contributed by atoms with Crippen LogP contribution in [0.5, 0.6) is 0 Å². The van der Waals surface area contributed by atoms with Gasteiger partial charge in [-0.15, -0.1) is 15.0 Å². The van der Waals surface area contributed by atoms with E-state index in [1.54, 1.807) is 0 Å². The zero-order valence-electron chi connectivity index (χ0n) is 12.9. The van der Waals surface area contributed by atoms with E-state index in [4.69, 9.17) is 0 Å². The van der Waals surface area contributed by atoms with Gasteiger partial charge in [0.1, 0.15) is 5.82 Å². The first kappa shape index (κ1) is 15.5. The molecule has 0 atom stereocenters. The zero-order valence-corrected chi connectivity index (χ0v) is 12.9. The molecule has 7 heteroatoms. The van der Waals surface area contributed by atoms with Crippen LogP contribution in [0.15, 0.2) is 24.3 Å². The van der Waals surface area contributed by atoms with Crippen molar-refractivity contribution < 1.29 is 14.3 Å². The van der Waals surface area contributed by atoms with Gasteiger partial charge in [0.2, 0.25) is 5.69 Å². The molecule has 1 fully saturated rings. The summed E-state index contributed by atoms with van der Waals surface area (Å²) in [6, 6.07) is 5.91. The molecular weight excluding hydrogens is 299 g/mol. The predicted molar refractivity (Wildman–Crippen MR) is 83.6 cm³/mol. The molecule has 6 nitrogen and oxygen atoms in total. The van der Waals surface area contributed by atoms with Crippen LogP contribution in [0.1, 0.15) is 42.6 Å². The number of hydrogen-bond acceptors (Lipinski definition) is 4. The summed E-state index contributed by atoms with van der Waals surface area (Å²) >= 11 is 0. The number of hydrogen-bond donors (Lipinski definition) is 1. The number of aromatic nitrogens is 3. The van der Waals surface area contributed by atoms with Gasteiger partial charge in [0.05, 0.1) is 5.69 Å². The lowest BCUT2D eigenvalue weighted by molar-refractivity contribution is 0.0690. The molecule has 0 saturated heterocycles. The first-order chi connectivity index (χ1) is 11.1. The number of benzene rings is 1. The van der Waals surface area contributed by atoms with Crippen molar-refractivity contribution >= 4 is 11.8 Å². The third-order valence-electron chi connectivity index (χ3n) is 4.31. The van der Waals surface area contributed by atoms with Crippen LogP contribution in [0.4, 0.5) is 10.2 Å². The van der Waals surface area contributed by atoms with E-state index in [9.17, 15) is 14.3 Å². The van der Waals surface area contributed by atoms with Gasteiger partial charge in [0.15, 0.2) is 5.82 Å². The maximum Gasteiger partial charge on any atom is 0.360 e. The van der Waals surface area contributed by atoms with Crippen molar-refractivity contribution in [3.05, 3.63) is 35.8 Å². The quantitative estimate of drug-likeness (QED) is 0.938. The summed E-state index contributed by atoms with van der Waals surface area (Å²) in [5.74, 6) is -1.12. The van der Waals surface area contributed by atoms with Crippen molar-refractivity contribution in [3.8, 4) is 5.69 Å². The first-order valence-corrected chi connectivity index (χ1v) is 7.75. The van der Waals surface area contributed by atoms with Crippen LogP contribution in [-0.2, 0) is 0 Å². The Labute approximate surface area is 133 Å². The molecule has 0 unspecified atom stereocenters. The molecule has 0 bridgehead atoms. The number of carbonyl (C=O) groups is 1. The molecule has 0 radical (unpaired) electrons. The van der Waals surface area contributed by atoms with Gasteiger partial charge < -0.3 is 10.0 Å². The summed E-state index contributed by atoms with van der Waals surface area (Å²) in [6.07, 6.45) is 5.56. The summed E-state index contributed by atoms with van der Waals surface area (Å²) < 4.78 is 13.0. The molecule has 122 valence electrons. The molecule has 0 spiro atoms. The van der Waals surface area contributed by atoms with Crippen molar-refractivity contribution in [1.29, 1.82) is 0 Å². The van der Waals surface area contributed by atoms with E-state index in [-0.39, 0.29) is 17.6 Å². The number of aromatic carboxylic acids is 1. The van der Waals surface area contributed by atoms with Crippen molar-refractivity contribution in [2.75, 3.05) is 11.9 Å². The van der Waals surface area contributed by atoms with Crippen LogP contribution >= 0.6 is 0 Å². The molecule has 1 saturated carbocycles. The average molecular weight is 318 g/mol. The second-order valence-electron chi connectivity index (χ2n) is 5.85. The average Bonchev–Trinajstić information content (AvgIpc) is 3.01. The minimum atomic E-state index is -1.11. The van der Waals surface area contributed by atoms with Crippen LogP contribution in [-0.4, -0.2) is 39.2 Å². The molecule has 1 aromatic heterocycles. The van der Waals surface area contributed by atoms with Gasteiger partial charge in [0.25, 0.3) is 0 Å². The van der Waals surface area contributed by atoms with Crippen LogP contribution in [0.3, 0.4) is 0 Å². The summed E-state index contributed by atoms with van der Waals surface area (Å²) in [7, 11) is 1.86. The lowest BCUT2D eigenvalue weighted by Crippen LogP contribution is -2.34. The molecular formula is C16H19FN4O2. The highest BCUT2D eigenvalue weighted by atomic mass is 19.1. The Morgan fingerprint density at radius 2 is 1.87 bits per heavy atom. The highest BCUT2D eigenvalue weighted by Gasteiger charge is 2.27. The molecule has 23 heavy (non-hydrogen) atoms. The van der Waals surface area contributed by atoms with Crippen molar-refractivity contribution in [2.45, 2.75) is 38.1 Å². The lowest BCUT2D eigenvalue weighted by atomic mass is 9.94. The number of carboxylic acids is 1. The summed E-state index contributed by atoms with van der Waals surface area (Å²) in [5, 5.41) is 17.8. The Balaban J connectivity index is 1.95. The van der Waals surface area contributed by atoms with E-state index in [0.717, 1.165) is 25.7 Å². The van der Waals surface area contributed by atoms with E-state index < -0.39 is 5.97 Å². The molecule has 1 aromatic carbocycles. The third kappa shape index (κ3) is 3.18. The molecule has 1 N–H and O–H groups in total. The zero-order chi connectivity index (χ0) is 16.4. The number of anilines is 1. The highest BCUT2D eigenvalue weighted by Crippen LogP contribution is 2.27. The van der Waals surface area contributed by atoms with E-state index in [1.165, 1.54) is 35.5 Å². The van der Waals surface area contributed by atoms with Gasteiger partial charge >= 0.3 is 5.97 Å². The molecule has 1 heterocycles. The molecule has 1 aliphatic carbocycles. The van der Waals surface area contributed by atoms with Crippen LogP contribution < -0.4 is 4.90 Å². The van der Waals surface area contributed by atoms with E-state index in [1.807, 2.05) is 11.9 Å². The van der Waals surface area contributed by atoms with Crippen LogP contribution in [0, 0.1) is 5.82 Å². The topological polar surface area (TPSA) is 71.2 Å². The van der Waals surface area contributed by atoms with Gasteiger partial charge in [0, 0.05) is 13.1 Å². The van der Waals surface area contributed by atoms with E-state index in [2.05, 4.69) is 10.2 Å². The Bertz CT molecular complexity index is 693. The van der Waals surface area contributed by atoms with Gasteiger partial charge in [-0.2, -0.15) is 0 Å². The molecule has 0 aliphatic heterocycles. The highest BCUT2D eigenvalue weighted by molar-refractivity contribution is 5.91. The van der Waals surface area contributed by atoms with Crippen molar-refractivity contribution in [2.24, 2.45) is 0 Å². The Morgan fingerprint density at radius 3 is 2.48 bits per heavy atom. The number of rotatable bonds is 4. The summed E-state index contributed by atoms with van der Waals surface area (Å²) in [4.78, 5) is 14.7. The fourth-order valence-electron chi connectivity index (χ4n) is 3.01. The number of carboxylic acid groups (broad SMARTS) is 1. The van der Waals surface area contributed by atoms with E-state index >= 15 is 0 Å². The van der Waals surface area contributed by atoms with Gasteiger partial charge in [-0.05, 0) is 37.1 Å². The molecule has 2 aromatic rings. The Hall–Kier alpha value is -2.44. The maximum atomic E-state index is 13.0. The Kier molecular flexibility index (Phi) is 4.27. The number of nitrogens with zero attached hydrogens (tertiary/aromatic N) is 4. The molecule has 1 aliphatic rings. The monoisotopic (exact) mass is 318 g/mol. The predicted octanol–water partition coefficient (Wildman–Crippen LogP) is 2.87. The lowest BCUT2D eigenvalue weighted by Gasteiger charge is -2.31. The van der Waals surface area contributed by atoms with Crippen molar-refractivity contribution in [3.63, 3.8) is 0 Å². The second kappa shape index (κ2) is 6.36. The fraction of sp³-hybridized carbons (Fsp3) is 0.438. The molecule has 0 amide bonds. The standard InChI is InChI=1S/C16H19FN4O2/c1-20(12-5-3-2-4-6-12)15-14(16(22)23)18-21(19-15)13-9-7-11(17)8-10-13/h7-10,12H,2-6H2,1H3,(H,22,23). The number of halogens is 1. The molecule has 3 rings (SSSR count). The largest absolute Gasteiger partial charge is 0.476 e. The summed E-state index contributed by atoms with van der Waals surface area (Å²) in [6.45, 7) is 0. The minimum absolute atomic E-state index is 0.0811. The van der Waals surface area contributed by atoms with Gasteiger partial charge in [-0.3, -0.25) is 0 Å². The first-order valence-electron chi connectivity index (χ1n) is 7.75. The maximum absolute atomic E-state index is 13.0. The smallest absolute Gasteiger partial charge is 0.360 e. The summed E-state index contributed by atoms with van der Waals surface area (Å²) in [5.41, 5.74) is 0.444. The normalized spacial score (nSPS) is 15.6. The van der Waals surface area contributed by atoms with Crippen LogP contribution in [0.2, 0.25) is 0 Å². The van der Waals surface area contributed by atoms with Crippen LogP contribution in [0.25, 0.3) is 5.69 Å². The Morgan fingerprint density at radius 1 is 1.22 bits per heavy atom. The van der Waals surface area contributed by atoms with Crippen molar-refractivity contribution in [1.82, 2.24) is 15.0 Å². The minimum Gasteiger partial charge on any atom is -0.476 e. The SMILES string of the molecule is CN(c1nn(-c2ccc(F)cc2)nc1C(=O)O)C1CCCCC1. The fourth-order valence-corrected chi connectivity index (χ4v) is 3.01. The van der Waals surface area contributed by atoms with Gasteiger partial charge in [-0.25, -0.2) is 9.18 Å².